The summed E-state index contributed by atoms with van der Waals surface area (Å²) < 4.78 is 7.31. The Morgan fingerprint density at radius 1 is 1.28 bits per heavy atom. The summed E-state index contributed by atoms with van der Waals surface area (Å²) in [5.41, 5.74) is 0. The maximum absolute atomic E-state index is 5.06. The predicted octanol–water partition coefficient (Wildman–Crippen LogP) is 2.18. The Labute approximate surface area is 156 Å². The molecule has 8 heteroatoms. The molecule has 0 radical (unpaired) electrons. The van der Waals surface area contributed by atoms with Gasteiger partial charge in [0.05, 0.1) is 0 Å². The summed E-state index contributed by atoms with van der Waals surface area (Å²) in [6, 6.07) is 0. The van der Waals surface area contributed by atoms with Crippen LogP contribution in [-0.4, -0.2) is 60.3 Å². The Kier molecular flexibility index (Phi) is 11.3. The van der Waals surface area contributed by atoms with Gasteiger partial charge < -0.3 is 19.9 Å². The van der Waals surface area contributed by atoms with E-state index >= 15 is 0 Å². The van der Waals surface area contributed by atoms with E-state index in [2.05, 4.69) is 51.2 Å². The van der Waals surface area contributed by atoms with Gasteiger partial charge in [-0.2, -0.15) is 0 Å². The molecule has 144 valence electrons. The quantitative estimate of drug-likeness (QED) is 0.254. The van der Waals surface area contributed by atoms with Crippen molar-refractivity contribution in [1.29, 1.82) is 0 Å². The van der Waals surface area contributed by atoms with Gasteiger partial charge in [-0.3, -0.25) is 4.99 Å². The second-order valence-electron chi connectivity index (χ2n) is 6.24. The Morgan fingerprint density at radius 2 is 2.08 bits per heavy atom. The molecule has 0 spiro atoms. The van der Waals surface area contributed by atoms with Crippen LogP contribution < -0.4 is 10.6 Å². The molecule has 0 aliphatic rings. The number of ether oxygens (including phenoxy) is 1. The molecule has 2 N–H and O–H groups in total. The van der Waals surface area contributed by atoms with E-state index < -0.39 is 0 Å². The fourth-order valence-electron chi connectivity index (χ4n) is 2.40. The molecule has 0 atom stereocenters. The third kappa shape index (κ3) is 8.58. The first-order valence-electron chi connectivity index (χ1n) is 9.09. The van der Waals surface area contributed by atoms with Crippen LogP contribution in [0.1, 0.15) is 39.4 Å². The zero-order valence-electron chi connectivity index (χ0n) is 16.3. The van der Waals surface area contributed by atoms with Gasteiger partial charge in [0.15, 0.2) is 11.1 Å². The van der Waals surface area contributed by atoms with Gasteiger partial charge in [-0.25, -0.2) is 0 Å². The van der Waals surface area contributed by atoms with E-state index in [1.807, 2.05) is 6.26 Å². The van der Waals surface area contributed by atoms with Gasteiger partial charge in [0.25, 0.3) is 0 Å². The van der Waals surface area contributed by atoms with Crippen molar-refractivity contribution in [3.8, 4) is 0 Å². The van der Waals surface area contributed by atoms with Crippen molar-refractivity contribution in [1.82, 2.24) is 25.4 Å². The molecular formula is C17H34N6OS. The molecule has 1 aromatic rings. The molecule has 0 amide bonds. The minimum atomic E-state index is 0.579. The van der Waals surface area contributed by atoms with Gasteiger partial charge in [0.1, 0.15) is 5.82 Å². The van der Waals surface area contributed by atoms with Crippen molar-refractivity contribution >= 4 is 17.7 Å². The van der Waals surface area contributed by atoms with Crippen LogP contribution in [0, 0.1) is 5.92 Å². The average molecular weight is 371 g/mol. The molecule has 0 bridgehead atoms. The number of nitrogens with one attached hydrogen (secondary N) is 2. The lowest BCUT2D eigenvalue weighted by Gasteiger charge is -2.12. The molecule has 1 heterocycles. The maximum Gasteiger partial charge on any atom is 0.191 e. The average Bonchev–Trinajstić information content (AvgIpc) is 2.96. The lowest BCUT2D eigenvalue weighted by Crippen LogP contribution is -2.38. The fraction of sp³-hybridized carbons (Fsp3) is 0.824. The van der Waals surface area contributed by atoms with Gasteiger partial charge >= 0.3 is 0 Å². The lowest BCUT2D eigenvalue weighted by atomic mass is 10.2. The fourth-order valence-corrected chi connectivity index (χ4v) is 2.92. The number of methoxy groups -OCH3 is 1. The first-order chi connectivity index (χ1) is 12.1. The van der Waals surface area contributed by atoms with Crippen LogP contribution in [0.15, 0.2) is 10.1 Å². The predicted molar refractivity (Wildman–Crippen MR) is 105 cm³/mol. The number of rotatable bonds is 12. The van der Waals surface area contributed by atoms with Crippen molar-refractivity contribution in [2.24, 2.45) is 10.9 Å². The third-order valence-corrected chi connectivity index (χ3v) is 4.18. The first-order valence-corrected chi connectivity index (χ1v) is 10.3. The van der Waals surface area contributed by atoms with E-state index in [1.165, 1.54) is 0 Å². The molecule has 0 fully saturated rings. The van der Waals surface area contributed by atoms with Crippen molar-refractivity contribution in [2.75, 3.05) is 39.6 Å². The number of nitrogens with zero attached hydrogens (tertiary/aromatic N) is 4. The van der Waals surface area contributed by atoms with Crippen LogP contribution in [0.5, 0.6) is 0 Å². The van der Waals surface area contributed by atoms with Crippen LogP contribution in [0.2, 0.25) is 0 Å². The number of guanidine groups is 1. The van der Waals surface area contributed by atoms with E-state index in [9.17, 15) is 0 Å². The minimum absolute atomic E-state index is 0.579. The topological polar surface area (TPSA) is 76.4 Å². The Hall–Kier alpha value is -1.28. The summed E-state index contributed by atoms with van der Waals surface area (Å²) in [5, 5.41) is 16.3. The molecule has 1 aromatic heterocycles. The number of thioether (sulfide) groups is 1. The summed E-state index contributed by atoms with van der Waals surface area (Å²) in [5.74, 6) is 2.51. The summed E-state index contributed by atoms with van der Waals surface area (Å²) in [6.07, 6.45) is 4.87. The second-order valence-corrected chi connectivity index (χ2v) is 7.02. The summed E-state index contributed by atoms with van der Waals surface area (Å²) in [4.78, 5) is 4.63. The summed E-state index contributed by atoms with van der Waals surface area (Å²) in [7, 11) is 1.72. The zero-order chi connectivity index (χ0) is 18.5. The largest absolute Gasteiger partial charge is 0.385 e. The van der Waals surface area contributed by atoms with Crippen molar-refractivity contribution in [3.63, 3.8) is 0 Å². The van der Waals surface area contributed by atoms with Crippen LogP contribution in [-0.2, 0) is 17.7 Å². The van der Waals surface area contributed by atoms with E-state index in [4.69, 9.17) is 4.74 Å². The molecule has 1 rings (SSSR count). The monoisotopic (exact) mass is 370 g/mol. The van der Waals surface area contributed by atoms with Crippen molar-refractivity contribution in [2.45, 2.75) is 51.7 Å². The van der Waals surface area contributed by atoms with Crippen LogP contribution in [0.25, 0.3) is 0 Å². The van der Waals surface area contributed by atoms with Gasteiger partial charge in [0, 0.05) is 46.3 Å². The first kappa shape index (κ1) is 21.8. The van der Waals surface area contributed by atoms with Crippen LogP contribution >= 0.6 is 11.8 Å². The van der Waals surface area contributed by atoms with Gasteiger partial charge in [-0.15, -0.1) is 10.2 Å². The van der Waals surface area contributed by atoms with Crippen molar-refractivity contribution in [3.05, 3.63) is 5.82 Å². The maximum atomic E-state index is 5.06. The normalized spacial score (nSPS) is 12.0. The highest BCUT2D eigenvalue weighted by molar-refractivity contribution is 7.98. The smallest absolute Gasteiger partial charge is 0.191 e. The van der Waals surface area contributed by atoms with E-state index in [-0.39, 0.29) is 0 Å². The molecule has 25 heavy (non-hydrogen) atoms. The number of aryl methyl sites for hydroxylation is 1. The SMILES string of the molecule is CCNC(=NCCCc1nnc(SC)n1CC(C)C)NCCCOC. The summed E-state index contributed by atoms with van der Waals surface area (Å²) >= 11 is 1.65. The van der Waals surface area contributed by atoms with Gasteiger partial charge in [-0.1, -0.05) is 25.6 Å². The van der Waals surface area contributed by atoms with Crippen molar-refractivity contribution < 1.29 is 4.74 Å². The number of hydrogen-bond acceptors (Lipinski definition) is 5. The molecule has 7 nitrogen and oxygen atoms in total. The lowest BCUT2D eigenvalue weighted by molar-refractivity contribution is 0.195. The van der Waals surface area contributed by atoms with E-state index in [1.54, 1.807) is 18.9 Å². The molecule has 0 saturated carbocycles. The van der Waals surface area contributed by atoms with Gasteiger partial charge in [-0.05, 0) is 31.9 Å². The minimum Gasteiger partial charge on any atom is -0.385 e. The zero-order valence-corrected chi connectivity index (χ0v) is 17.2. The Bertz CT molecular complexity index is 503. The highest BCUT2D eigenvalue weighted by Crippen LogP contribution is 2.16. The second kappa shape index (κ2) is 13.0. The van der Waals surface area contributed by atoms with E-state index in [0.29, 0.717) is 5.92 Å². The summed E-state index contributed by atoms with van der Waals surface area (Å²) in [6.45, 7) is 10.7. The standard InChI is InChI=1S/C17H34N6OS/c1-6-18-16(20-11-8-12-24-4)19-10-7-9-15-21-22-17(25-5)23(15)13-14(2)3/h14H,6-13H2,1-5H3,(H2,18,19,20). The number of hydrogen-bond donors (Lipinski definition) is 2. The molecule has 0 aliphatic heterocycles. The highest BCUT2D eigenvalue weighted by atomic mass is 32.2. The highest BCUT2D eigenvalue weighted by Gasteiger charge is 2.12. The molecule has 0 aromatic carbocycles. The molecule has 0 saturated heterocycles. The molecule has 0 aliphatic carbocycles. The third-order valence-electron chi connectivity index (χ3n) is 3.51. The Balaban J connectivity index is 2.49. The number of aliphatic imine (C=N–C) groups is 1. The Morgan fingerprint density at radius 3 is 2.72 bits per heavy atom. The number of aromatic nitrogens is 3. The van der Waals surface area contributed by atoms with E-state index in [0.717, 1.165) is 69.0 Å². The van der Waals surface area contributed by atoms with Crippen LogP contribution in [0.3, 0.4) is 0 Å². The molecule has 0 unspecified atom stereocenters. The van der Waals surface area contributed by atoms with Gasteiger partial charge in [0.2, 0.25) is 0 Å². The van der Waals surface area contributed by atoms with Crippen LogP contribution in [0.4, 0.5) is 0 Å². The molecular weight excluding hydrogens is 336 g/mol.